The Hall–Kier alpha value is -2.08. The zero-order chi connectivity index (χ0) is 16.7. The predicted octanol–water partition coefficient (Wildman–Crippen LogP) is 1.49. The van der Waals surface area contributed by atoms with E-state index < -0.39 is 0 Å². The number of nitrogens with zero attached hydrogens (tertiary/aromatic N) is 2. The third kappa shape index (κ3) is 4.96. The molecular weight excluding hydrogens is 296 g/mol. The number of methoxy groups -OCH3 is 1. The number of aromatic hydroxyl groups is 1. The molecule has 0 radical (unpaired) electrons. The molecule has 0 atom stereocenters. The van der Waals surface area contributed by atoms with E-state index >= 15 is 0 Å². The van der Waals surface area contributed by atoms with Gasteiger partial charge in [0, 0.05) is 51.9 Å². The number of phenols is 1. The Kier molecular flexibility index (Phi) is 6.40. The summed E-state index contributed by atoms with van der Waals surface area (Å²) in [4.78, 5) is 28.0. The van der Waals surface area contributed by atoms with Crippen LogP contribution in [-0.2, 0) is 9.53 Å². The van der Waals surface area contributed by atoms with Gasteiger partial charge in [-0.1, -0.05) is 6.07 Å². The highest BCUT2D eigenvalue weighted by Crippen LogP contribution is 2.15. The Bertz CT molecular complexity index is 539. The van der Waals surface area contributed by atoms with Gasteiger partial charge in [0.25, 0.3) is 5.91 Å². The predicted molar refractivity (Wildman–Crippen MR) is 86.3 cm³/mol. The molecule has 1 aliphatic heterocycles. The third-order valence-electron chi connectivity index (χ3n) is 4.00. The van der Waals surface area contributed by atoms with Crippen molar-refractivity contribution in [1.82, 2.24) is 9.80 Å². The number of carbonyl (C=O) groups excluding carboxylic acids is 2. The zero-order valence-corrected chi connectivity index (χ0v) is 13.5. The summed E-state index contributed by atoms with van der Waals surface area (Å²) < 4.78 is 4.97. The molecular formula is C17H24N2O4. The monoisotopic (exact) mass is 320 g/mol. The van der Waals surface area contributed by atoms with Gasteiger partial charge in [-0.25, -0.2) is 0 Å². The van der Waals surface area contributed by atoms with Gasteiger partial charge in [-0.05, 0) is 31.0 Å². The molecule has 1 aromatic rings. The quantitative estimate of drug-likeness (QED) is 0.806. The smallest absolute Gasteiger partial charge is 0.254 e. The topological polar surface area (TPSA) is 70.1 Å². The Morgan fingerprint density at radius 3 is 2.48 bits per heavy atom. The fraction of sp³-hybridized carbons (Fsp3) is 0.529. The van der Waals surface area contributed by atoms with Gasteiger partial charge in [-0.15, -0.1) is 0 Å². The molecule has 2 rings (SSSR count). The largest absolute Gasteiger partial charge is 0.508 e. The van der Waals surface area contributed by atoms with E-state index in [2.05, 4.69) is 0 Å². The van der Waals surface area contributed by atoms with Crippen molar-refractivity contribution in [2.45, 2.75) is 19.3 Å². The lowest BCUT2D eigenvalue weighted by molar-refractivity contribution is -0.132. The van der Waals surface area contributed by atoms with Gasteiger partial charge in [0.15, 0.2) is 0 Å². The molecule has 6 nitrogen and oxygen atoms in total. The van der Waals surface area contributed by atoms with E-state index in [0.717, 1.165) is 12.8 Å². The lowest BCUT2D eigenvalue weighted by atomic mass is 10.1. The van der Waals surface area contributed by atoms with Crippen molar-refractivity contribution in [2.75, 3.05) is 39.9 Å². The molecule has 1 fully saturated rings. The Morgan fingerprint density at radius 1 is 1.13 bits per heavy atom. The highest BCUT2D eigenvalue weighted by Gasteiger charge is 2.24. The minimum Gasteiger partial charge on any atom is -0.508 e. The molecule has 1 aromatic carbocycles. The third-order valence-corrected chi connectivity index (χ3v) is 4.00. The zero-order valence-electron chi connectivity index (χ0n) is 13.5. The van der Waals surface area contributed by atoms with E-state index in [9.17, 15) is 14.7 Å². The maximum absolute atomic E-state index is 12.4. The number of hydrogen-bond donors (Lipinski definition) is 1. The van der Waals surface area contributed by atoms with Gasteiger partial charge in [-0.3, -0.25) is 9.59 Å². The number of benzene rings is 1. The van der Waals surface area contributed by atoms with Crippen LogP contribution in [0, 0.1) is 0 Å². The van der Waals surface area contributed by atoms with Crippen LogP contribution < -0.4 is 0 Å². The number of rotatable bonds is 6. The molecule has 1 heterocycles. The highest BCUT2D eigenvalue weighted by atomic mass is 16.5. The standard InChI is InChI=1S/C17H24N2O4/c1-23-12-3-2-7-16(21)18-8-10-19(11-9-18)17(22)14-5-4-6-15(20)13-14/h4-6,13,20H,2-3,7-12H2,1H3. The Morgan fingerprint density at radius 2 is 1.83 bits per heavy atom. The van der Waals surface area contributed by atoms with Gasteiger partial charge < -0.3 is 19.6 Å². The van der Waals surface area contributed by atoms with Crippen LogP contribution in [0.1, 0.15) is 29.6 Å². The van der Waals surface area contributed by atoms with E-state index in [1.54, 1.807) is 24.1 Å². The number of piperazine rings is 1. The van der Waals surface area contributed by atoms with Crippen molar-refractivity contribution in [3.63, 3.8) is 0 Å². The Balaban J connectivity index is 1.79. The summed E-state index contributed by atoms with van der Waals surface area (Å²) in [6, 6.07) is 6.35. The SMILES string of the molecule is COCCCCC(=O)N1CCN(C(=O)c2cccc(O)c2)CC1. The van der Waals surface area contributed by atoms with Crippen molar-refractivity contribution < 1.29 is 19.4 Å². The van der Waals surface area contributed by atoms with Crippen LogP contribution >= 0.6 is 0 Å². The molecule has 2 amide bonds. The van der Waals surface area contributed by atoms with Gasteiger partial charge >= 0.3 is 0 Å². The van der Waals surface area contributed by atoms with Gasteiger partial charge in [0.2, 0.25) is 5.91 Å². The van der Waals surface area contributed by atoms with Crippen molar-refractivity contribution in [3.8, 4) is 5.75 Å². The second kappa shape index (κ2) is 8.53. The first kappa shape index (κ1) is 17.3. The molecule has 0 bridgehead atoms. The Labute approximate surface area is 136 Å². The molecule has 0 spiro atoms. The van der Waals surface area contributed by atoms with Crippen LogP contribution in [0.15, 0.2) is 24.3 Å². The average Bonchev–Trinajstić information content (AvgIpc) is 2.58. The van der Waals surface area contributed by atoms with Crippen molar-refractivity contribution in [2.24, 2.45) is 0 Å². The molecule has 126 valence electrons. The number of phenolic OH excluding ortho intramolecular Hbond substituents is 1. The van der Waals surface area contributed by atoms with E-state index in [0.29, 0.717) is 44.8 Å². The average molecular weight is 320 g/mol. The molecule has 1 saturated heterocycles. The van der Waals surface area contributed by atoms with Crippen LogP contribution in [-0.4, -0.2) is 66.6 Å². The maximum atomic E-state index is 12.4. The highest BCUT2D eigenvalue weighted by molar-refractivity contribution is 5.94. The molecule has 23 heavy (non-hydrogen) atoms. The normalized spacial score (nSPS) is 14.8. The fourth-order valence-electron chi connectivity index (χ4n) is 2.66. The van der Waals surface area contributed by atoms with Crippen LogP contribution in [0.2, 0.25) is 0 Å². The number of hydrogen-bond acceptors (Lipinski definition) is 4. The summed E-state index contributed by atoms with van der Waals surface area (Å²) in [5.41, 5.74) is 0.476. The molecule has 0 aliphatic carbocycles. The van der Waals surface area contributed by atoms with Gasteiger partial charge in [-0.2, -0.15) is 0 Å². The van der Waals surface area contributed by atoms with E-state index in [4.69, 9.17) is 4.74 Å². The molecule has 0 aromatic heterocycles. The van der Waals surface area contributed by atoms with E-state index in [1.165, 1.54) is 12.1 Å². The second-order valence-electron chi connectivity index (χ2n) is 5.67. The first-order chi connectivity index (χ1) is 11.1. The van der Waals surface area contributed by atoms with Crippen molar-refractivity contribution >= 4 is 11.8 Å². The second-order valence-corrected chi connectivity index (χ2v) is 5.67. The summed E-state index contributed by atoms with van der Waals surface area (Å²) in [5, 5.41) is 9.46. The lowest BCUT2D eigenvalue weighted by Crippen LogP contribution is -2.50. The number of unbranched alkanes of at least 4 members (excludes halogenated alkanes) is 1. The molecule has 1 N–H and O–H groups in total. The minimum absolute atomic E-state index is 0.0840. The maximum Gasteiger partial charge on any atom is 0.254 e. The number of carbonyl (C=O) groups is 2. The molecule has 1 aliphatic rings. The first-order valence-corrected chi connectivity index (χ1v) is 7.97. The van der Waals surface area contributed by atoms with Crippen LogP contribution in [0.3, 0.4) is 0 Å². The number of ether oxygens (including phenoxy) is 1. The summed E-state index contributed by atoms with van der Waals surface area (Å²) >= 11 is 0. The number of amides is 2. The molecule has 0 unspecified atom stereocenters. The lowest BCUT2D eigenvalue weighted by Gasteiger charge is -2.35. The van der Waals surface area contributed by atoms with Crippen molar-refractivity contribution in [1.29, 1.82) is 0 Å². The first-order valence-electron chi connectivity index (χ1n) is 7.97. The van der Waals surface area contributed by atoms with Crippen molar-refractivity contribution in [3.05, 3.63) is 29.8 Å². The summed E-state index contributed by atoms with van der Waals surface area (Å²) in [6.07, 6.45) is 2.25. The van der Waals surface area contributed by atoms with E-state index in [1.807, 2.05) is 4.90 Å². The van der Waals surface area contributed by atoms with Gasteiger partial charge in [0.1, 0.15) is 5.75 Å². The van der Waals surface area contributed by atoms with E-state index in [-0.39, 0.29) is 17.6 Å². The molecule has 6 heteroatoms. The summed E-state index contributed by atoms with van der Waals surface area (Å²) in [7, 11) is 1.66. The fourth-order valence-corrected chi connectivity index (χ4v) is 2.66. The van der Waals surface area contributed by atoms with Crippen LogP contribution in [0.5, 0.6) is 5.75 Å². The molecule has 0 saturated carbocycles. The summed E-state index contributed by atoms with van der Waals surface area (Å²) in [5.74, 6) is 0.124. The van der Waals surface area contributed by atoms with Crippen LogP contribution in [0.4, 0.5) is 0 Å². The minimum atomic E-state index is -0.104. The van der Waals surface area contributed by atoms with Gasteiger partial charge in [0.05, 0.1) is 0 Å². The summed E-state index contributed by atoms with van der Waals surface area (Å²) in [6.45, 7) is 2.86. The van der Waals surface area contributed by atoms with Crippen LogP contribution in [0.25, 0.3) is 0 Å².